The fraction of sp³-hybridized carbons (Fsp3) is 0.444. The number of carbonyl (C=O) groups excluding carboxylic acids is 1. The molecule has 1 heterocycles. The van der Waals surface area contributed by atoms with Crippen LogP contribution in [-0.2, 0) is 7.05 Å². The molecular weight excluding hydrogens is 252 g/mol. The van der Waals surface area contributed by atoms with Gasteiger partial charge in [0.25, 0.3) is 17.5 Å². The predicted molar refractivity (Wildman–Crippen MR) is 56.4 cm³/mol. The van der Waals surface area contributed by atoms with Crippen LogP contribution in [0, 0.1) is 10.1 Å². The summed E-state index contributed by atoms with van der Waals surface area (Å²) in [5, 5.41) is 20.7. The number of carbonyl (C=O) groups is 1. The van der Waals surface area contributed by atoms with E-state index in [4.69, 9.17) is 5.11 Å². The van der Waals surface area contributed by atoms with E-state index in [-0.39, 0.29) is 11.4 Å². The first kappa shape index (κ1) is 14.0. The second-order valence-corrected chi connectivity index (χ2v) is 3.65. The molecule has 0 aliphatic rings. The van der Waals surface area contributed by atoms with Gasteiger partial charge in [-0.1, -0.05) is 0 Å². The zero-order valence-corrected chi connectivity index (χ0v) is 9.39. The molecule has 100 valence electrons. The number of hydrogen-bond acceptors (Lipinski definition) is 4. The first-order valence-corrected chi connectivity index (χ1v) is 4.84. The number of aliphatic hydroxyl groups is 1. The Balaban J connectivity index is 2.76. The van der Waals surface area contributed by atoms with Crippen molar-refractivity contribution in [3.8, 4) is 0 Å². The highest BCUT2D eigenvalue weighted by Gasteiger charge is 2.29. The fourth-order valence-corrected chi connectivity index (χ4v) is 1.23. The Morgan fingerprint density at radius 3 is 2.72 bits per heavy atom. The third-order valence-electron chi connectivity index (χ3n) is 2.17. The molecule has 0 fully saturated rings. The Labute approximate surface area is 100 Å². The monoisotopic (exact) mass is 263 g/mol. The molecule has 0 spiro atoms. The van der Waals surface area contributed by atoms with E-state index in [2.05, 4.69) is 0 Å². The second kappa shape index (κ2) is 5.08. The molecule has 0 aromatic carbocycles. The summed E-state index contributed by atoms with van der Waals surface area (Å²) in [6.45, 7) is -2.43. The van der Waals surface area contributed by atoms with Gasteiger partial charge in [0.15, 0.2) is 0 Å². The molecule has 0 aliphatic heterocycles. The number of aromatic nitrogens is 1. The molecule has 0 unspecified atom stereocenters. The van der Waals surface area contributed by atoms with E-state index >= 15 is 0 Å². The van der Waals surface area contributed by atoms with Crippen LogP contribution in [-0.4, -0.2) is 39.6 Å². The van der Waals surface area contributed by atoms with Gasteiger partial charge in [0.1, 0.15) is 12.3 Å². The molecular formula is C9H11F2N3O4. The highest BCUT2D eigenvalue weighted by atomic mass is 19.3. The largest absolute Gasteiger partial charge is 0.390 e. The van der Waals surface area contributed by atoms with Crippen molar-refractivity contribution in [3.63, 3.8) is 0 Å². The first-order valence-electron chi connectivity index (χ1n) is 4.84. The van der Waals surface area contributed by atoms with Crippen LogP contribution in [0.3, 0.4) is 0 Å². The molecule has 0 radical (unpaired) electrons. The quantitative estimate of drug-likeness (QED) is 0.589. The lowest BCUT2D eigenvalue weighted by molar-refractivity contribution is -0.384. The van der Waals surface area contributed by atoms with Crippen molar-refractivity contribution >= 4 is 11.6 Å². The Kier molecular flexibility index (Phi) is 3.96. The van der Waals surface area contributed by atoms with Gasteiger partial charge in [0, 0.05) is 13.1 Å². The van der Waals surface area contributed by atoms with Crippen molar-refractivity contribution in [2.24, 2.45) is 7.05 Å². The molecule has 1 aromatic rings. The van der Waals surface area contributed by atoms with Crippen LogP contribution in [0.25, 0.3) is 0 Å². The molecule has 0 atom stereocenters. The maximum atomic E-state index is 12.7. The number of halogens is 2. The Morgan fingerprint density at radius 2 is 2.28 bits per heavy atom. The molecule has 0 saturated carbocycles. The molecule has 0 saturated heterocycles. The van der Waals surface area contributed by atoms with E-state index in [0.717, 1.165) is 16.8 Å². The van der Waals surface area contributed by atoms with Crippen LogP contribution >= 0.6 is 0 Å². The number of nitrogens with zero attached hydrogens (tertiary/aromatic N) is 2. The Bertz CT molecular complexity index is 472. The van der Waals surface area contributed by atoms with E-state index in [0.29, 0.717) is 0 Å². The lowest BCUT2D eigenvalue weighted by Gasteiger charge is -2.13. The standard InChI is InChI=1S/C9H11F2N3O4/c1-13-3-6(14(17)18)2-7(13)8(16)12-4-9(10,11)5-15/h2-3,15H,4-5H2,1H3,(H,12,16). The minimum absolute atomic E-state index is 0.115. The summed E-state index contributed by atoms with van der Waals surface area (Å²) in [6.07, 6.45) is 1.10. The molecule has 2 N–H and O–H groups in total. The average Bonchev–Trinajstić information content (AvgIpc) is 2.69. The zero-order chi connectivity index (χ0) is 13.9. The van der Waals surface area contributed by atoms with E-state index in [1.54, 1.807) is 0 Å². The fourth-order valence-electron chi connectivity index (χ4n) is 1.23. The molecule has 1 rings (SSSR count). The number of aliphatic hydroxyl groups excluding tert-OH is 1. The topological polar surface area (TPSA) is 97.4 Å². The average molecular weight is 263 g/mol. The highest BCUT2D eigenvalue weighted by molar-refractivity contribution is 5.93. The number of nitro groups is 1. The van der Waals surface area contributed by atoms with Crippen LogP contribution in [0.5, 0.6) is 0 Å². The summed E-state index contributed by atoms with van der Waals surface area (Å²) in [5.41, 5.74) is -0.424. The number of alkyl halides is 2. The van der Waals surface area contributed by atoms with Gasteiger partial charge in [0.2, 0.25) is 0 Å². The summed E-state index contributed by atoms with van der Waals surface area (Å²) in [7, 11) is 1.38. The van der Waals surface area contributed by atoms with E-state index in [9.17, 15) is 23.7 Å². The minimum atomic E-state index is -3.42. The van der Waals surface area contributed by atoms with Crippen molar-refractivity contribution in [1.29, 1.82) is 0 Å². The van der Waals surface area contributed by atoms with E-state index < -0.39 is 29.9 Å². The van der Waals surface area contributed by atoms with E-state index in [1.165, 1.54) is 7.05 Å². The van der Waals surface area contributed by atoms with Crippen LogP contribution in [0.1, 0.15) is 10.5 Å². The van der Waals surface area contributed by atoms with Crippen molar-refractivity contribution in [2.75, 3.05) is 13.2 Å². The zero-order valence-electron chi connectivity index (χ0n) is 9.39. The van der Waals surface area contributed by atoms with Crippen LogP contribution in [0.15, 0.2) is 12.3 Å². The molecule has 7 nitrogen and oxygen atoms in total. The molecule has 1 amide bonds. The van der Waals surface area contributed by atoms with Gasteiger partial charge in [0.05, 0.1) is 17.7 Å². The normalized spacial score (nSPS) is 11.3. The van der Waals surface area contributed by atoms with Crippen molar-refractivity contribution in [1.82, 2.24) is 9.88 Å². The first-order chi connectivity index (χ1) is 8.26. The molecule has 18 heavy (non-hydrogen) atoms. The molecule has 9 heteroatoms. The van der Waals surface area contributed by atoms with Gasteiger partial charge >= 0.3 is 0 Å². The third kappa shape index (κ3) is 3.23. The van der Waals surface area contributed by atoms with Crippen LogP contribution < -0.4 is 5.32 Å². The molecule has 0 aliphatic carbocycles. The number of nitrogens with one attached hydrogen (secondary N) is 1. The van der Waals surface area contributed by atoms with Crippen molar-refractivity contribution in [2.45, 2.75) is 5.92 Å². The predicted octanol–water partition coefficient (Wildman–Crippen LogP) is 0.291. The van der Waals surface area contributed by atoms with Crippen LogP contribution in [0.4, 0.5) is 14.5 Å². The maximum Gasteiger partial charge on any atom is 0.287 e. The summed E-state index contributed by atoms with van der Waals surface area (Å²) in [5.74, 6) is -4.30. The highest BCUT2D eigenvalue weighted by Crippen LogP contribution is 2.15. The van der Waals surface area contributed by atoms with Crippen LogP contribution in [0.2, 0.25) is 0 Å². The van der Waals surface area contributed by atoms with Gasteiger partial charge in [-0.25, -0.2) is 8.78 Å². The van der Waals surface area contributed by atoms with Gasteiger partial charge < -0.3 is 15.0 Å². The SMILES string of the molecule is Cn1cc([N+](=O)[O-])cc1C(=O)NCC(F)(F)CO. The minimum Gasteiger partial charge on any atom is -0.390 e. The summed E-state index contributed by atoms with van der Waals surface area (Å²) in [4.78, 5) is 21.3. The number of hydrogen-bond donors (Lipinski definition) is 2. The summed E-state index contributed by atoms with van der Waals surface area (Å²) >= 11 is 0. The smallest absolute Gasteiger partial charge is 0.287 e. The van der Waals surface area contributed by atoms with Gasteiger partial charge in [-0.05, 0) is 0 Å². The molecule has 1 aromatic heterocycles. The second-order valence-electron chi connectivity index (χ2n) is 3.65. The van der Waals surface area contributed by atoms with Crippen molar-refractivity contribution in [3.05, 3.63) is 28.1 Å². The van der Waals surface area contributed by atoms with E-state index in [1.807, 2.05) is 5.32 Å². The number of amides is 1. The lowest BCUT2D eigenvalue weighted by atomic mass is 10.3. The van der Waals surface area contributed by atoms with Gasteiger partial charge in [-0.3, -0.25) is 14.9 Å². The van der Waals surface area contributed by atoms with Gasteiger partial charge in [-0.2, -0.15) is 0 Å². The lowest BCUT2D eigenvalue weighted by Crippen LogP contribution is -2.39. The van der Waals surface area contributed by atoms with Crippen molar-refractivity contribution < 1.29 is 23.6 Å². The number of rotatable bonds is 5. The van der Waals surface area contributed by atoms with Gasteiger partial charge in [-0.15, -0.1) is 0 Å². The maximum absolute atomic E-state index is 12.7. The summed E-state index contributed by atoms with van der Waals surface area (Å²) in [6, 6.07) is 0.979. The summed E-state index contributed by atoms with van der Waals surface area (Å²) < 4.78 is 26.5. The number of aryl methyl sites for hydroxylation is 1. The molecule has 0 bridgehead atoms. The third-order valence-corrected chi connectivity index (χ3v) is 2.17. The Morgan fingerprint density at radius 1 is 1.67 bits per heavy atom. The Hall–Kier alpha value is -2.03.